The fourth-order valence-corrected chi connectivity index (χ4v) is 4.83. The van der Waals surface area contributed by atoms with E-state index in [-0.39, 0.29) is 11.9 Å². The molecular weight excluding hydrogens is 398 g/mol. The normalized spacial score (nSPS) is 18.5. The number of para-hydroxylation sites is 1. The van der Waals surface area contributed by atoms with E-state index < -0.39 is 0 Å². The van der Waals surface area contributed by atoms with E-state index in [1.165, 1.54) is 5.56 Å². The second-order valence-corrected chi connectivity index (χ2v) is 8.71. The number of fused-ring (bicyclic) bond motifs is 1. The molecule has 0 spiro atoms. The number of hydrogen-bond acceptors (Lipinski definition) is 4. The number of hydrogen-bond donors (Lipinski definition) is 0. The van der Waals surface area contributed by atoms with Crippen LogP contribution in [0.5, 0.6) is 0 Å². The molecule has 2 heterocycles. The molecule has 0 unspecified atom stereocenters. The fourth-order valence-electron chi connectivity index (χ4n) is 4.83. The second-order valence-electron chi connectivity index (χ2n) is 8.71. The van der Waals surface area contributed by atoms with Crippen LogP contribution in [0.25, 0.3) is 10.9 Å². The van der Waals surface area contributed by atoms with Gasteiger partial charge in [-0.3, -0.25) is 9.78 Å². The molecule has 0 aliphatic heterocycles. The topological polar surface area (TPSA) is 59.2 Å². The molecule has 0 bridgehead atoms. The fraction of sp³-hybridized carbons (Fsp3) is 0.296. The molecule has 5 heteroatoms. The van der Waals surface area contributed by atoms with Crippen LogP contribution in [-0.4, -0.2) is 27.0 Å². The van der Waals surface area contributed by atoms with Gasteiger partial charge in [0.1, 0.15) is 5.76 Å². The summed E-state index contributed by atoms with van der Waals surface area (Å²) in [6, 6.07) is 22.8. The first-order valence-electron chi connectivity index (χ1n) is 11.3. The Morgan fingerprint density at radius 1 is 1.00 bits per heavy atom. The number of amides is 1. The number of aryl methyl sites for hydroxylation is 1. The summed E-state index contributed by atoms with van der Waals surface area (Å²) in [6.07, 6.45) is 5.98. The van der Waals surface area contributed by atoms with Crippen LogP contribution in [0.1, 0.15) is 59.0 Å². The van der Waals surface area contributed by atoms with Crippen molar-refractivity contribution in [1.29, 1.82) is 0 Å². The number of pyridine rings is 1. The molecule has 4 aromatic rings. The summed E-state index contributed by atoms with van der Waals surface area (Å²) in [7, 11) is 0. The van der Waals surface area contributed by atoms with Crippen LogP contribution < -0.4 is 0 Å². The van der Waals surface area contributed by atoms with Crippen molar-refractivity contribution in [2.75, 3.05) is 0 Å². The van der Waals surface area contributed by atoms with Gasteiger partial charge in [-0.2, -0.15) is 0 Å². The first kappa shape index (κ1) is 20.4. The molecule has 2 aromatic carbocycles. The third-order valence-corrected chi connectivity index (χ3v) is 6.52. The van der Waals surface area contributed by atoms with Crippen LogP contribution in [0.4, 0.5) is 0 Å². The lowest BCUT2D eigenvalue weighted by molar-refractivity contribution is 0.0595. The molecule has 162 valence electrons. The van der Waals surface area contributed by atoms with E-state index in [4.69, 9.17) is 4.52 Å². The Kier molecular flexibility index (Phi) is 5.71. The quantitative estimate of drug-likeness (QED) is 0.399. The van der Waals surface area contributed by atoms with Gasteiger partial charge in [0.2, 0.25) is 0 Å². The van der Waals surface area contributed by atoms with Crippen LogP contribution in [-0.2, 0) is 6.54 Å². The maximum Gasteiger partial charge on any atom is 0.276 e. The largest absolute Gasteiger partial charge is 0.361 e. The Balaban J connectivity index is 1.38. The van der Waals surface area contributed by atoms with Crippen molar-refractivity contribution in [3.05, 3.63) is 95.5 Å². The van der Waals surface area contributed by atoms with Gasteiger partial charge in [0.05, 0.1) is 5.52 Å². The van der Waals surface area contributed by atoms with Gasteiger partial charge >= 0.3 is 0 Å². The molecule has 1 saturated carbocycles. The SMILES string of the molecule is Cc1cc(C(=O)N(Cc2cnc3ccccc3c2)C2CCC(c3ccccc3)CC2)no1. The molecule has 5 nitrogen and oxygen atoms in total. The first-order chi connectivity index (χ1) is 15.7. The Bertz CT molecular complexity index is 1210. The average molecular weight is 426 g/mol. The molecule has 5 rings (SSSR count). The molecule has 0 radical (unpaired) electrons. The van der Waals surface area contributed by atoms with Crippen LogP contribution in [0.2, 0.25) is 0 Å². The molecule has 0 saturated heterocycles. The van der Waals surface area contributed by atoms with Crippen molar-refractivity contribution >= 4 is 16.8 Å². The van der Waals surface area contributed by atoms with E-state index in [0.29, 0.717) is 23.9 Å². The minimum Gasteiger partial charge on any atom is -0.361 e. The molecule has 0 N–H and O–H groups in total. The predicted molar refractivity (Wildman–Crippen MR) is 124 cm³/mol. The summed E-state index contributed by atoms with van der Waals surface area (Å²) in [4.78, 5) is 20.0. The molecular formula is C27H27N3O2. The number of benzene rings is 2. The zero-order valence-corrected chi connectivity index (χ0v) is 18.3. The van der Waals surface area contributed by atoms with Gasteiger partial charge in [-0.25, -0.2) is 0 Å². The van der Waals surface area contributed by atoms with Crippen LogP contribution in [0.15, 0.2) is 77.4 Å². The molecule has 1 aliphatic carbocycles. The van der Waals surface area contributed by atoms with Gasteiger partial charge in [0.15, 0.2) is 5.69 Å². The highest BCUT2D eigenvalue weighted by Gasteiger charge is 2.31. The third kappa shape index (κ3) is 4.28. The summed E-state index contributed by atoms with van der Waals surface area (Å²) >= 11 is 0. The van der Waals surface area contributed by atoms with E-state index in [9.17, 15) is 4.79 Å². The van der Waals surface area contributed by atoms with Crippen LogP contribution in [0.3, 0.4) is 0 Å². The molecule has 32 heavy (non-hydrogen) atoms. The zero-order valence-electron chi connectivity index (χ0n) is 18.3. The summed E-state index contributed by atoms with van der Waals surface area (Å²) < 4.78 is 5.20. The van der Waals surface area contributed by atoms with E-state index in [2.05, 4.69) is 52.6 Å². The second kappa shape index (κ2) is 8.95. The molecule has 1 fully saturated rings. The van der Waals surface area contributed by atoms with Gasteiger partial charge in [-0.1, -0.05) is 53.7 Å². The van der Waals surface area contributed by atoms with E-state index >= 15 is 0 Å². The number of carbonyl (C=O) groups excluding carboxylic acids is 1. The summed E-state index contributed by atoms with van der Waals surface area (Å²) in [5.74, 6) is 1.13. The number of aromatic nitrogens is 2. The monoisotopic (exact) mass is 425 g/mol. The van der Waals surface area contributed by atoms with Gasteiger partial charge in [-0.05, 0) is 61.8 Å². The zero-order chi connectivity index (χ0) is 21.9. The van der Waals surface area contributed by atoms with E-state index in [0.717, 1.165) is 42.1 Å². The predicted octanol–water partition coefficient (Wildman–Crippen LogP) is 5.90. The van der Waals surface area contributed by atoms with Gasteiger partial charge < -0.3 is 9.42 Å². The standard InChI is InChI=1S/C27H27N3O2/c1-19-15-26(29-32-19)27(31)30(18-20-16-23-9-5-6-10-25(23)28-17-20)24-13-11-22(12-14-24)21-7-3-2-4-8-21/h2-10,15-17,22,24H,11-14,18H2,1H3. The molecule has 2 aromatic heterocycles. The lowest BCUT2D eigenvalue weighted by Gasteiger charge is -2.37. The van der Waals surface area contributed by atoms with Crippen LogP contribution in [0, 0.1) is 6.92 Å². The minimum absolute atomic E-state index is 0.0711. The Morgan fingerprint density at radius 2 is 1.75 bits per heavy atom. The summed E-state index contributed by atoms with van der Waals surface area (Å²) in [5, 5.41) is 5.09. The van der Waals surface area contributed by atoms with Crippen molar-refractivity contribution in [3.63, 3.8) is 0 Å². The molecule has 1 amide bonds. The lowest BCUT2D eigenvalue weighted by Crippen LogP contribution is -2.42. The highest BCUT2D eigenvalue weighted by atomic mass is 16.5. The van der Waals surface area contributed by atoms with Crippen molar-refractivity contribution in [1.82, 2.24) is 15.0 Å². The van der Waals surface area contributed by atoms with Crippen molar-refractivity contribution in [2.45, 2.75) is 51.1 Å². The number of rotatable bonds is 5. The Morgan fingerprint density at radius 3 is 2.50 bits per heavy atom. The Hall–Kier alpha value is -3.47. The maximum absolute atomic E-state index is 13.5. The number of carbonyl (C=O) groups is 1. The highest BCUT2D eigenvalue weighted by Crippen LogP contribution is 2.35. The highest BCUT2D eigenvalue weighted by molar-refractivity contribution is 5.92. The molecule has 1 aliphatic rings. The van der Waals surface area contributed by atoms with Gasteiger partial charge in [0.25, 0.3) is 5.91 Å². The number of nitrogens with zero attached hydrogens (tertiary/aromatic N) is 3. The van der Waals surface area contributed by atoms with E-state index in [1.807, 2.05) is 36.2 Å². The summed E-state index contributed by atoms with van der Waals surface area (Å²) in [6.45, 7) is 2.33. The third-order valence-electron chi connectivity index (χ3n) is 6.52. The molecule has 0 atom stereocenters. The first-order valence-corrected chi connectivity index (χ1v) is 11.3. The van der Waals surface area contributed by atoms with Crippen LogP contribution >= 0.6 is 0 Å². The average Bonchev–Trinajstić information content (AvgIpc) is 3.29. The van der Waals surface area contributed by atoms with E-state index in [1.54, 1.807) is 6.07 Å². The van der Waals surface area contributed by atoms with Crippen molar-refractivity contribution in [3.8, 4) is 0 Å². The maximum atomic E-state index is 13.5. The minimum atomic E-state index is -0.0711. The van der Waals surface area contributed by atoms with Gasteiger partial charge in [-0.15, -0.1) is 0 Å². The Labute approximate surface area is 188 Å². The smallest absolute Gasteiger partial charge is 0.276 e. The van der Waals surface area contributed by atoms with Crippen molar-refractivity contribution < 1.29 is 9.32 Å². The van der Waals surface area contributed by atoms with Crippen molar-refractivity contribution in [2.24, 2.45) is 0 Å². The summed E-state index contributed by atoms with van der Waals surface area (Å²) in [5.41, 5.74) is 3.77. The lowest BCUT2D eigenvalue weighted by atomic mass is 9.81. The van der Waals surface area contributed by atoms with Gasteiger partial charge in [0, 0.05) is 30.2 Å².